The third-order valence-electron chi connectivity index (χ3n) is 3.85. The predicted molar refractivity (Wildman–Crippen MR) is 88.2 cm³/mol. The van der Waals surface area contributed by atoms with Crippen LogP contribution in [0.15, 0.2) is 54.6 Å². The highest BCUT2D eigenvalue weighted by molar-refractivity contribution is 5.86. The summed E-state index contributed by atoms with van der Waals surface area (Å²) in [7, 11) is 1.45. The number of methoxy groups -OCH3 is 1. The first-order valence-electron chi connectivity index (χ1n) is 7.63. The number of rotatable bonds is 5. The molecule has 1 aromatic heterocycles. The van der Waals surface area contributed by atoms with Gasteiger partial charge in [0.25, 0.3) is 0 Å². The summed E-state index contributed by atoms with van der Waals surface area (Å²) in [5.74, 6) is 0.310. The van der Waals surface area contributed by atoms with Crippen molar-refractivity contribution in [3.05, 3.63) is 65.9 Å². The van der Waals surface area contributed by atoms with Crippen molar-refractivity contribution in [2.75, 3.05) is 7.11 Å². The standard InChI is InChI=1S/C18H16F3N3O/c1-25-16-10-9-13(23-24-16)11-22-17(18(19,20)21)15-8-4-6-12-5-2-3-7-14(12)15/h2-10,17,22H,11H2,1H3. The van der Waals surface area contributed by atoms with Crippen molar-refractivity contribution in [2.45, 2.75) is 18.8 Å². The smallest absolute Gasteiger partial charge is 0.407 e. The van der Waals surface area contributed by atoms with E-state index in [1.165, 1.54) is 13.2 Å². The molecular weight excluding hydrogens is 331 g/mol. The molecule has 0 spiro atoms. The number of nitrogens with one attached hydrogen (secondary N) is 1. The predicted octanol–water partition coefficient (Wildman–Crippen LogP) is 4.03. The third kappa shape index (κ3) is 3.88. The Balaban J connectivity index is 1.89. The van der Waals surface area contributed by atoms with Crippen LogP contribution in [0, 0.1) is 0 Å². The van der Waals surface area contributed by atoms with E-state index in [0.717, 1.165) is 5.39 Å². The molecule has 3 rings (SSSR count). The number of halogens is 3. The first kappa shape index (κ1) is 17.2. The molecule has 0 radical (unpaired) electrons. The quantitative estimate of drug-likeness (QED) is 0.757. The molecule has 0 amide bonds. The molecule has 3 aromatic rings. The second kappa shape index (κ2) is 7.06. The molecule has 130 valence electrons. The van der Waals surface area contributed by atoms with Crippen molar-refractivity contribution >= 4 is 10.8 Å². The van der Waals surface area contributed by atoms with Crippen LogP contribution in [-0.4, -0.2) is 23.5 Å². The van der Waals surface area contributed by atoms with Crippen LogP contribution in [0.5, 0.6) is 5.88 Å². The van der Waals surface area contributed by atoms with Gasteiger partial charge in [0.15, 0.2) is 0 Å². The lowest BCUT2D eigenvalue weighted by Crippen LogP contribution is -2.34. The van der Waals surface area contributed by atoms with E-state index < -0.39 is 12.2 Å². The summed E-state index contributed by atoms with van der Waals surface area (Å²) in [5, 5.41) is 11.5. The van der Waals surface area contributed by atoms with Crippen molar-refractivity contribution in [1.82, 2.24) is 15.5 Å². The van der Waals surface area contributed by atoms with Gasteiger partial charge in [-0.1, -0.05) is 42.5 Å². The molecule has 0 bridgehead atoms. The second-order valence-corrected chi connectivity index (χ2v) is 5.49. The van der Waals surface area contributed by atoms with Crippen molar-refractivity contribution < 1.29 is 17.9 Å². The van der Waals surface area contributed by atoms with Gasteiger partial charge in [0.05, 0.1) is 12.8 Å². The minimum absolute atomic E-state index is 0.0651. The molecule has 0 aliphatic rings. The van der Waals surface area contributed by atoms with E-state index in [2.05, 4.69) is 15.5 Å². The monoisotopic (exact) mass is 347 g/mol. The fourth-order valence-electron chi connectivity index (χ4n) is 2.66. The molecule has 2 aromatic carbocycles. The Bertz CT molecular complexity index is 845. The Morgan fingerprint density at radius 1 is 1.00 bits per heavy atom. The Morgan fingerprint density at radius 3 is 2.44 bits per heavy atom. The van der Waals surface area contributed by atoms with E-state index in [1.54, 1.807) is 48.5 Å². The highest BCUT2D eigenvalue weighted by Crippen LogP contribution is 2.36. The number of hydrogen-bond donors (Lipinski definition) is 1. The van der Waals surface area contributed by atoms with Gasteiger partial charge in [-0.05, 0) is 22.4 Å². The van der Waals surface area contributed by atoms with E-state index in [4.69, 9.17) is 4.74 Å². The van der Waals surface area contributed by atoms with Gasteiger partial charge < -0.3 is 4.74 Å². The van der Waals surface area contributed by atoms with Crippen molar-refractivity contribution in [3.8, 4) is 5.88 Å². The molecule has 0 saturated heterocycles. The Labute approximate surface area is 142 Å². The van der Waals surface area contributed by atoms with Gasteiger partial charge in [-0.2, -0.15) is 18.3 Å². The maximum atomic E-state index is 13.6. The van der Waals surface area contributed by atoms with Gasteiger partial charge in [-0.25, -0.2) is 0 Å². The number of aromatic nitrogens is 2. The van der Waals surface area contributed by atoms with Gasteiger partial charge in [-0.15, -0.1) is 5.10 Å². The van der Waals surface area contributed by atoms with Crippen LogP contribution in [0.4, 0.5) is 13.2 Å². The molecule has 25 heavy (non-hydrogen) atoms. The zero-order valence-corrected chi connectivity index (χ0v) is 13.4. The van der Waals surface area contributed by atoms with Gasteiger partial charge in [0.2, 0.25) is 5.88 Å². The van der Waals surface area contributed by atoms with Gasteiger partial charge in [-0.3, -0.25) is 5.32 Å². The summed E-state index contributed by atoms with van der Waals surface area (Å²) >= 11 is 0. The van der Waals surface area contributed by atoms with Crippen LogP contribution in [0.3, 0.4) is 0 Å². The highest BCUT2D eigenvalue weighted by Gasteiger charge is 2.41. The SMILES string of the molecule is COc1ccc(CNC(c2cccc3ccccc23)C(F)(F)F)nn1. The fourth-order valence-corrected chi connectivity index (χ4v) is 2.66. The zero-order chi connectivity index (χ0) is 17.9. The molecule has 4 nitrogen and oxygen atoms in total. The molecule has 7 heteroatoms. The Kier molecular flexibility index (Phi) is 4.85. The van der Waals surface area contributed by atoms with Crippen molar-refractivity contribution in [3.63, 3.8) is 0 Å². The maximum Gasteiger partial charge on any atom is 0.407 e. The van der Waals surface area contributed by atoms with Gasteiger partial charge in [0, 0.05) is 12.6 Å². The lowest BCUT2D eigenvalue weighted by Gasteiger charge is -2.23. The Hall–Kier alpha value is -2.67. The molecule has 1 N–H and O–H groups in total. The summed E-state index contributed by atoms with van der Waals surface area (Å²) < 4.78 is 45.8. The second-order valence-electron chi connectivity index (χ2n) is 5.49. The summed E-state index contributed by atoms with van der Waals surface area (Å²) in [4.78, 5) is 0. The molecular formula is C18H16F3N3O. The normalized spacial score (nSPS) is 13.0. The average molecular weight is 347 g/mol. The van der Waals surface area contributed by atoms with Crippen LogP contribution >= 0.6 is 0 Å². The molecule has 0 fully saturated rings. The number of ether oxygens (including phenoxy) is 1. The molecule has 1 heterocycles. The zero-order valence-electron chi connectivity index (χ0n) is 13.4. The molecule has 1 atom stereocenters. The maximum absolute atomic E-state index is 13.6. The lowest BCUT2D eigenvalue weighted by molar-refractivity contribution is -0.157. The third-order valence-corrected chi connectivity index (χ3v) is 3.85. The number of alkyl halides is 3. The first-order chi connectivity index (χ1) is 12.0. The minimum atomic E-state index is -4.44. The van der Waals surface area contributed by atoms with Gasteiger partial charge >= 0.3 is 6.18 Å². The molecule has 1 unspecified atom stereocenters. The van der Waals surface area contributed by atoms with E-state index in [-0.39, 0.29) is 12.1 Å². The Morgan fingerprint density at radius 2 is 1.76 bits per heavy atom. The largest absolute Gasteiger partial charge is 0.480 e. The number of nitrogens with zero attached hydrogens (tertiary/aromatic N) is 2. The average Bonchev–Trinajstić information content (AvgIpc) is 2.61. The van der Waals surface area contributed by atoms with Crippen molar-refractivity contribution in [1.29, 1.82) is 0 Å². The first-order valence-corrected chi connectivity index (χ1v) is 7.63. The topological polar surface area (TPSA) is 47.0 Å². The highest BCUT2D eigenvalue weighted by atomic mass is 19.4. The van der Waals surface area contributed by atoms with Gasteiger partial charge in [0.1, 0.15) is 6.04 Å². The van der Waals surface area contributed by atoms with Crippen LogP contribution in [0.1, 0.15) is 17.3 Å². The minimum Gasteiger partial charge on any atom is -0.480 e. The van der Waals surface area contributed by atoms with E-state index in [1.807, 2.05) is 0 Å². The number of benzene rings is 2. The molecule has 0 aliphatic heterocycles. The van der Waals surface area contributed by atoms with E-state index in [9.17, 15) is 13.2 Å². The van der Waals surface area contributed by atoms with E-state index in [0.29, 0.717) is 17.0 Å². The van der Waals surface area contributed by atoms with Crippen LogP contribution in [-0.2, 0) is 6.54 Å². The lowest BCUT2D eigenvalue weighted by atomic mass is 9.98. The van der Waals surface area contributed by atoms with Crippen molar-refractivity contribution in [2.24, 2.45) is 0 Å². The summed E-state index contributed by atoms with van der Waals surface area (Å²) in [6.07, 6.45) is -4.44. The molecule has 0 aliphatic carbocycles. The van der Waals surface area contributed by atoms with Crippen LogP contribution in [0.2, 0.25) is 0 Å². The van der Waals surface area contributed by atoms with E-state index >= 15 is 0 Å². The van der Waals surface area contributed by atoms with Crippen LogP contribution in [0.25, 0.3) is 10.8 Å². The molecule has 0 saturated carbocycles. The number of fused-ring (bicyclic) bond motifs is 1. The van der Waals surface area contributed by atoms with Crippen LogP contribution < -0.4 is 10.1 Å². The summed E-state index contributed by atoms with van der Waals surface area (Å²) in [6.45, 7) is -0.0651. The summed E-state index contributed by atoms with van der Waals surface area (Å²) in [5.41, 5.74) is 0.586. The fraction of sp³-hybridized carbons (Fsp3) is 0.222. The summed E-state index contributed by atoms with van der Waals surface area (Å²) in [6, 6.07) is 13.3. The number of hydrogen-bond acceptors (Lipinski definition) is 4.